The molecule has 1 unspecified atom stereocenters. The van der Waals surface area contributed by atoms with Crippen LogP contribution in [0, 0.1) is 5.82 Å². The Morgan fingerprint density at radius 3 is 2.61 bits per heavy atom. The second-order valence-electron chi connectivity index (χ2n) is 8.21. The fourth-order valence-electron chi connectivity index (χ4n) is 3.13. The number of aromatic nitrogens is 1. The fraction of sp³-hybridized carbons (Fsp3) is 0.524. The molecule has 1 aromatic heterocycles. The van der Waals surface area contributed by atoms with Gasteiger partial charge in [-0.2, -0.15) is 0 Å². The molecule has 2 heterocycles. The fourth-order valence-corrected chi connectivity index (χ4v) is 4.03. The maximum absolute atomic E-state index is 13.3. The topological polar surface area (TPSA) is 45.7 Å². The second-order valence-corrected chi connectivity index (χ2v) is 9.07. The number of benzene rings is 1. The van der Waals surface area contributed by atoms with Gasteiger partial charge in [-0.05, 0) is 19.1 Å². The molecule has 0 spiro atoms. The third-order valence-electron chi connectivity index (χ3n) is 4.72. The molecule has 0 saturated carbocycles. The first-order valence-electron chi connectivity index (χ1n) is 9.60. The van der Waals surface area contributed by atoms with Crippen molar-refractivity contribution in [1.29, 1.82) is 0 Å². The van der Waals surface area contributed by atoms with Gasteiger partial charge in [-0.15, -0.1) is 11.3 Å². The van der Waals surface area contributed by atoms with Gasteiger partial charge in [0, 0.05) is 49.6 Å². The summed E-state index contributed by atoms with van der Waals surface area (Å²) in [6.07, 6.45) is -0.638. The summed E-state index contributed by atoms with van der Waals surface area (Å²) in [5.41, 5.74) is 1.17. The number of ether oxygens (including phenoxy) is 1. The van der Waals surface area contributed by atoms with Gasteiger partial charge in [-0.3, -0.25) is 9.69 Å². The molecule has 1 atom stereocenters. The van der Waals surface area contributed by atoms with Gasteiger partial charge in [-0.1, -0.05) is 26.8 Å². The minimum absolute atomic E-state index is 0.0624. The molecule has 1 aliphatic heterocycles. The first-order chi connectivity index (χ1) is 13.2. The van der Waals surface area contributed by atoms with Gasteiger partial charge >= 0.3 is 0 Å². The van der Waals surface area contributed by atoms with E-state index in [-0.39, 0.29) is 17.1 Å². The van der Waals surface area contributed by atoms with Crippen LogP contribution >= 0.6 is 11.3 Å². The van der Waals surface area contributed by atoms with Crippen LogP contribution < -0.4 is 4.74 Å². The van der Waals surface area contributed by atoms with Crippen LogP contribution in [0.4, 0.5) is 4.39 Å². The number of hydrogen-bond acceptors (Lipinski definition) is 5. The number of amides is 1. The van der Waals surface area contributed by atoms with Crippen LogP contribution in [0.15, 0.2) is 29.6 Å². The van der Waals surface area contributed by atoms with Crippen LogP contribution in [-0.4, -0.2) is 53.0 Å². The van der Waals surface area contributed by atoms with Crippen LogP contribution in [0.25, 0.3) is 0 Å². The van der Waals surface area contributed by atoms with Crippen molar-refractivity contribution in [3.8, 4) is 5.75 Å². The van der Waals surface area contributed by atoms with Crippen molar-refractivity contribution in [3.63, 3.8) is 0 Å². The first-order valence-corrected chi connectivity index (χ1v) is 10.5. The van der Waals surface area contributed by atoms with Crippen LogP contribution in [0.1, 0.15) is 38.4 Å². The Morgan fingerprint density at radius 2 is 2.00 bits per heavy atom. The summed E-state index contributed by atoms with van der Waals surface area (Å²) in [7, 11) is 0. The zero-order valence-electron chi connectivity index (χ0n) is 16.9. The molecule has 0 bridgehead atoms. The predicted molar refractivity (Wildman–Crippen MR) is 109 cm³/mol. The molecule has 1 saturated heterocycles. The number of hydrogen-bond donors (Lipinski definition) is 0. The van der Waals surface area contributed by atoms with Gasteiger partial charge in [0.15, 0.2) is 6.10 Å². The lowest BCUT2D eigenvalue weighted by Gasteiger charge is -2.35. The number of piperazine rings is 1. The molecule has 152 valence electrons. The van der Waals surface area contributed by atoms with Crippen molar-refractivity contribution in [3.05, 3.63) is 46.2 Å². The lowest BCUT2D eigenvalue weighted by molar-refractivity contribution is -0.139. The highest BCUT2D eigenvalue weighted by molar-refractivity contribution is 7.09. The summed E-state index contributed by atoms with van der Waals surface area (Å²) in [5.74, 6) is -0.0623. The number of rotatable bonds is 5. The number of carbonyl (C=O) groups is 1. The van der Waals surface area contributed by atoms with Gasteiger partial charge in [0.1, 0.15) is 11.6 Å². The molecule has 2 aromatic rings. The van der Waals surface area contributed by atoms with E-state index in [1.165, 1.54) is 12.1 Å². The van der Waals surface area contributed by atoms with E-state index in [9.17, 15) is 9.18 Å². The average Bonchev–Trinajstić information content (AvgIpc) is 3.11. The van der Waals surface area contributed by atoms with E-state index < -0.39 is 6.10 Å². The van der Waals surface area contributed by atoms with Crippen molar-refractivity contribution in [2.75, 3.05) is 26.2 Å². The highest BCUT2D eigenvalue weighted by atomic mass is 32.1. The molecular formula is C21H28FN3O2S. The summed E-state index contributed by atoms with van der Waals surface area (Å²) in [6, 6.07) is 5.88. The lowest BCUT2D eigenvalue weighted by atomic mass is 9.98. The predicted octanol–water partition coefficient (Wildman–Crippen LogP) is 3.69. The Balaban J connectivity index is 1.49. The summed E-state index contributed by atoms with van der Waals surface area (Å²) in [6.45, 7) is 12.0. The first kappa shape index (κ1) is 20.7. The van der Waals surface area contributed by atoms with Crippen LogP contribution in [0.2, 0.25) is 0 Å². The van der Waals surface area contributed by atoms with Gasteiger partial charge in [0.2, 0.25) is 0 Å². The van der Waals surface area contributed by atoms with Crippen molar-refractivity contribution in [2.24, 2.45) is 0 Å². The molecule has 0 radical (unpaired) electrons. The van der Waals surface area contributed by atoms with Gasteiger partial charge in [0.25, 0.3) is 5.91 Å². The highest BCUT2D eigenvalue weighted by Gasteiger charge is 2.27. The monoisotopic (exact) mass is 405 g/mol. The molecule has 1 aromatic carbocycles. The SMILES string of the molecule is CC(Oc1cccc(F)c1)C(=O)N1CCN(Cc2csc(C(C)(C)C)n2)CC1. The molecular weight excluding hydrogens is 377 g/mol. The molecule has 5 nitrogen and oxygen atoms in total. The van der Waals surface area contributed by atoms with E-state index in [4.69, 9.17) is 9.72 Å². The summed E-state index contributed by atoms with van der Waals surface area (Å²) in [5, 5.41) is 3.28. The third-order valence-corrected chi connectivity index (χ3v) is 6.04. The van der Waals surface area contributed by atoms with Crippen molar-refractivity contribution < 1.29 is 13.9 Å². The molecule has 1 amide bonds. The van der Waals surface area contributed by atoms with Crippen molar-refractivity contribution in [2.45, 2.75) is 45.8 Å². The molecule has 7 heteroatoms. The second kappa shape index (κ2) is 8.57. The van der Waals surface area contributed by atoms with Crippen LogP contribution in [-0.2, 0) is 16.8 Å². The largest absolute Gasteiger partial charge is 0.481 e. The summed E-state index contributed by atoms with van der Waals surface area (Å²) < 4.78 is 18.9. The van der Waals surface area contributed by atoms with E-state index >= 15 is 0 Å². The van der Waals surface area contributed by atoms with Gasteiger partial charge < -0.3 is 9.64 Å². The Kier molecular flexibility index (Phi) is 6.35. The van der Waals surface area contributed by atoms with E-state index in [1.807, 2.05) is 4.90 Å². The normalized spacial score (nSPS) is 16.8. The summed E-state index contributed by atoms with van der Waals surface area (Å²) >= 11 is 1.71. The smallest absolute Gasteiger partial charge is 0.263 e. The standard InChI is InChI=1S/C21H28FN3O2S/c1-15(27-18-7-5-6-16(22)12-18)19(26)25-10-8-24(9-11-25)13-17-14-28-20(23-17)21(2,3)4/h5-7,12,14-15H,8-11,13H2,1-4H3. The Labute approximate surface area is 170 Å². The maximum atomic E-state index is 13.3. The van der Waals surface area contributed by atoms with Crippen LogP contribution in [0.5, 0.6) is 5.75 Å². The average molecular weight is 406 g/mol. The lowest BCUT2D eigenvalue weighted by Crippen LogP contribution is -2.51. The Morgan fingerprint density at radius 1 is 1.29 bits per heavy atom. The third kappa shape index (κ3) is 5.29. The van der Waals surface area contributed by atoms with Crippen molar-refractivity contribution in [1.82, 2.24) is 14.8 Å². The van der Waals surface area contributed by atoms with E-state index in [2.05, 4.69) is 31.1 Å². The molecule has 0 aliphatic carbocycles. The number of carbonyl (C=O) groups excluding carboxylic acids is 1. The van der Waals surface area contributed by atoms with E-state index in [1.54, 1.807) is 30.4 Å². The Hall–Kier alpha value is -1.99. The minimum atomic E-state index is -0.638. The van der Waals surface area contributed by atoms with E-state index in [0.717, 1.165) is 30.3 Å². The van der Waals surface area contributed by atoms with Crippen molar-refractivity contribution >= 4 is 17.2 Å². The zero-order chi connectivity index (χ0) is 20.3. The number of thiazole rings is 1. The van der Waals surface area contributed by atoms with E-state index in [0.29, 0.717) is 18.8 Å². The maximum Gasteiger partial charge on any atom is 0.263 e. The van der Waals surface area contributed by atoms with Crippen LogP contribution in [0.3, 0.4) is 0 Å². The quantitative estimate of drug-likeness (QED) is 0.761. The molecule has 0 N–H and O–H groups in total. The minimum Gasteiger partial charge on any atom is -0.481 e. The molecule has 28 heavy (non-hydrogen) atoms. The van der Waals surface area contributed by atoms with Gasteiger partial charge in [-0.25, -0.2) is 9.37 Å². The molecule has 1 fully saturated rings. The zero-order valence-corrected chi connectivity index (χ0v) is 17.8. The molecule has 3 rings (SSSR count). The highest BCUT2D eigenvalue weighted by Crippen LogP contribution is 2.26. The molecule has 1 aliphatic rings. The van der Waals surface area contributed by atoms with Gasteiger partial charge in [0.05, 0.1) is 10.7 Å². The Bertz CT molecular complexity index is 810. The summed E-state index contributed by atoms with van der Waals surface area (Å²) in [4.78, 5) is 21.5. The number of halogens is 1. The number of nitrogens with zero attached hydrogens (tertiary/aromatic N) is 3.